The lowest BCUT2D eigenvalue weighted by Gasteiger charge is -2.03. The van der Waals surface area contributed by atoms with Crippen LogP contribution in [0.4, 0.5) is 4.39 Å². The van der Waals surface area contributed by atoms with Crippen LogP contribution < -0.4 is 0 Å². The predicted molar refractivity (Wildman–Crippen MR) is 62.5 cm³/mol. The van der Waals surface area contributed by atoms with Crippen molar-refractivity contribution >= 4 is 5.97 Å². The maximum atomic E-state index is 13.7. The number of benzene rings is 1. The third kappa shape index (κ3) is 2.22. The zero-order valence-electron chi connectivity index (χ0n) is 10.0. The van der Waals surface area contributed by atoms with E-state index in [0.29, 0.717) is 0 Å². The van der Waals surface area contributed by atoms with Crippen LogP contribution in [0.15, 0.2) is 18.2 Å². The van der Waals surface area contributed by atoms with Crippen LogP contribution in [0.3, 0.4) is 0 Å². The van der Waals surface area contributed by atoms with E-state index < -0.39 is 11.8 Å². The van der Waals surface area contributed by atoms with Crippen LogP contribution in [-0.2, 0) is 4.74 Å². The minimum atomic E-state index is -0.623. The Hall–Kier alpha value is -2.24. The molecule has 5 nitrogen and oxygen atoms in total. The van der Waals surface area contributed by atoms with Gasteiger partial charge in [-0.1, -0.05) is 11.6 Å². The van der Waals surface area contributed by atoms with Crippen molar-refractivity contribution < 1.29 is 13.9 Å². The first kappa shape index (κ1) is 12.2. The minimum Gasteiger partial charge on any atom is -0.461 e. The highest BCUT2D eigenvalue weighted by Crippen LogP contribution is 2.24. The summed E-state index contributed by atoms with van der Waals surface area (Å²) in [6.07, 6.45) is 0. The van der Waals surface area contributed by atoms with Crippen LogP contribution in [0.2, 0.25) is 0 Å². The summed E-state index contributed by atoms with van der Waals surface area (Å²) in [7, 11) is 0. The topological polar surface area (TPSA) is 67.9 Å². The Morgan fingerprint density at radius 3 is 2.94 bits per heavy atom. The Balaban J connectivity index is 2.48. The Bertz CT molecular complexity index is 580. The second-order valence-electron chi connectivity index (χ2n) is 3.72. The molecule has 0 bridgehead atoms. The van der Waals surface area contributed by atoms with E-state index in [9.17, 15) is 9.18 Å². The van der Waals surface area contributed by atoms with Gasteiger partial charge in [-0.2, -0.15) is 10.3 Å². The molecule has 0 aliphatic carbocycles. The average Bonchev–Trinajstić information content (AvgIpc) is 2.81. The van der Waals surface area contributed by atoms with Gasteiger partial charge in [-0.3, -0.25) is 0 Å². The van der Waals surface area contributed by atoms with Gasteiger partial charge in [-0.05, 0) is 26.0 Å². The molecule has 1 N–H and O–H groups in total. The van der Waals surface area contributed by atoms with Crippen molar-refractivity contribution in [2.75, 3.05) is 6.61 Å². The summed E-state index contributed by atoms with van der Waals surface area (Å²) < 4.78 is 18.6. The number of H-pyrrole nitrogens is 1. The highest BCUT2D eigenvalue weighted by atomic mass is 19.1. The zero-order chi connectivity index (χ0) is 13.1. The second-order valence-corrected chi connectivity index (χ2v) is 3.72. The summed E-state index contributed by atoms with van der Waals surface area (Å²) in [4.78, 5) is 11.6. The van der Waals surface area contributed by atoms with Crippen molar-refractivity contribution in [3.05, 3.63) is 35.3 Å². The van der Waals surface area contributed by atoms with Gasteiger partial charge in [-0.25, -0.2) is 9.18 Å². The molecule has 0 radical (unpaired) electrons. The molecule has 6 heteroatoms. The first-order valence-corrected chi connectivity index (χ1v) is 5.48. The van der Waals surface area contributed by atoms with E-state index in [-0.39, 0.29) is 23.6 Å². The molecule has 2 rings (SSSR count). The monoisotopic (exact) mass is 249 g/mol. The summed E-state index contributed by atoms with van der Waals surface area (Å²) in [5, 5.41) is 9.83. The zero-order valence-corrected chi connectivity index (χ0v) is 10.0. The standard InChI is InChI=1S/C12H12FN3O2/c1-3-18-12(17)11-10(14-16-15-11)8-6-7(2)4-5-9(8)13/h4-6H,3H2,1-2H3,(H,14,15,16). The smallest absolute Gasteiger partial charge is 0.361 e. The number of nitrogens with zero attached hydrogens (tertiary/aromatic N) is 2. The third-order valence-corrected chi connectivity index (χ3v) is 2.39. The van der Waals surface area contributed by atoms with Crippen LogP contribution in [0, 0.1) is 12.7 Å². The number of aromatic nitrogens is 3. The molecule has 18 heavy (non-hydrogen) atoms. The van der Waals surface area contributed by atoms with Gasteiger partial charge in [0.05, 0.1) is 6.61 Å². The Morgan fingerprint density at radius 1 is 1.44 bits per heavy atom. The average molecular weight is 249 g/mol. The molecule has 2 aromatic rings. The minimum absolute atomic E-state index is 0.0126. The summed E-state index contributed by atoms with van der Waals surface area (Å²) in [5.41, 5.74) is 1.24. The van der Waals surface area contributed by atoms with E-state index in [1.165, 1.54) is 6.07 Å². The quantitative estimate of drug-likeness (QED) is 0.846. The van der Waals surface area contributed by atoms with E-state index >= 15 is 0 Å². The molecule has 0 saturated carbocycles. The fourth-order valence-electron chi connectivity index (χ4n) is 1.58. The van der Waals surface area contributed by atoms with E-state index in [2.05, 4.69) is 15.4 Å². The number of rotatable bonds is 3. The maximum absolute atomic E-state index is 13.7. The highest BCUT2D eigenvalue weighted by Gasteiger charge is 2.21. The van der Waals surface area contributed by atoms with Crippen molar-refractivity contribution in [1.82, 2.24) is 15.4 Å². The van der Waals surface area contributed by atoms with E-state index in [1.54, 1.807) is 19.1 Å². The Kier molecular flexibility index (Phi) is 3.36. The van der Waals surface area contributed by atoms with Crippen LogP contribution >= 0.6 is 0 Å². The number of aryl methyl sites for hydroxylation is 1. The molecule has 94 valence electrons. The molecule has 0 amide bonds. The number of halogens is 1. The van der Waals surface area contributed by atoms with E-state index in [4.69, 9.17) is 4.74 Å². The number of ether oxygens (including phenoxy) is 1. The molecule has 0 spiro atoms. The summed E-state index contributed by atoms with van der Waals surface area (Å²) in [6, 6.07) is 4.58. The van der Waals surface area contributed by atoms with Crippen molar-refractivity contribution in [1.29, 1.82) is 0 Å². The summed E-state index contributed by atoms with van der Waals surface area (Å²) in [6.45, 7) is 3.74. The summed E-state index contributed by atoms with van der Waals surface area (Å²) in [5.74, 6) is -1.08. The van der Waals surface area contributed by atoms with Gasteiger partial charge in [0.15, 0.2) is 5.69 Å². The van der Waals surface area contributed by atoms with Gasteiger partial charge in [0.1, 0.15) is 11.5 Å². The van der Waals surface area contributed by atoms with Gasteiger partial charge >= 0.3 is 5.97 Å². The molecule has 0 aliphatic rings. The van der Waals surface area contributed by atoms with Crippen LogP contribution in [0.1, 0.15) is 23.0 Å². The Labute approximate surface area is 103 Å². The third-order valence-electron chi connectivity index (χ3n) is 2.39. The van der Waals surface area contributed by atoms with Gasteiger partial charge in [0.2, 0.25) is 0 Å². The molecule has 0 fully saturated rings. The lowest BCUT2D eigenvalue weighted by Crippen LogP contribution is -2.07. The fourth-order valence-corrected chi connectivity index (χ4v) is 1.58. The lowest BCUT2D eigenvalue weighted by atomic mass is 10.1. The number of carbonyl (C=O) groups excluding carboxylic acids is 1. The molecule has 0 atom stereocenters. The SMILES string of the molecule is CCOC(=O)c1n[nH]nc1-c1cc(C)ccc1F. The molecule has 1 aromatic heterocycles. The number of aromatic amines is 1. The lowest BCUT2D eigenvalue weighted by molar-refractivity contribution is 0.0520. The molecule has 0 saturated heterocycles. The van der Waals surface area contributed by atoms with Crippen LogP contribution in [0.25, 0.3) is 11.3 Å². The molecule has 0 unspecified atom stereocenters. The number of carbonyl (C=O) groups is 1. The Morgan fingerprint density at radius 2 is 2.22 bits per heavy atom. The highest BCUT2D eigenvalue weighted by molar-refractivity contribution is 5.93. The largest absolute Gasteiger partial charge is 0.461 e. The van der Waals surface area contributed by atoms with Crippen LogP contribution in [0.5, 0.6) is 0 Å². The van der Waals surface area contributed by atoms with Gasteiger partial charge in [0.25, 0.3) is 0 Å². The van der Waals surface area contributed by atoms with Gasteiger partial charge < -0.3 is 4.74 Å². The van der Waals surface area contributed by atoms with Gasteiger partial charge in [-0.15, -0.1) is 5.10 Å². The van der Waals surface area contributed by atoms with Crippen molar-refractivity contribution in [3.63, 3.8) is 0 Å². The van der Waals surface area contributed by atoms with Gasteiger partial charge in [0, 0.05) is 5.56 Å². The number of nitrogens with one attached hydrogen (secondary N) is 1. The van der Waals surface area contributed by atoms with Crippen LogP contribution in [-0.4, -0.2) is 28.0 Å². The maximum Gasteiger partial charge on any atom is 0.361 e. The number of esters is 1. The predicted octanol–water partition coefficient (Wildman–Crippen LogP) is 2.10. The van der Waals surface area contributed by atoms with Crippen molar-refractivity contribution in [2.24, 2.45) is 0 Å². The summed E-state index contributed by atoms with van der Waals surface area (Å²) >= 11 is 0. The first-order valence-electron chi connectivity index (χ1n) is 5.48. The van der Waals surface area contributed by atoms with Crippen molar-refractivity contribution in [2.45, 2.75) is 13.8 Å². The number of hydrogen-bond acceptors (Lipinski definition) is 4. The molecular weight excluding hydrogens is 237 g/mol. The van der Waals surface area contributed by atoms with Crippen molar-refractivity contribution in [3.8, 4) is 11.3 Å². The molecule has 1 heterocycles. The first-order chi connectivity index (χ1) is 8.63. The van der Waals surface area contributed by atoms with E-state index in [0.717, 1.165) is 5.56 Å². The second kappa shape index (κ2) is 4.95. The molecule has 0 aliphatic heterocycles. The fraction of sp³-hybridized carbons (Fsp3) is 0.250. The normalized spacial score (nSPS) is 10.4. The molecule has 1 aromatic carbocycles. The van der Waals surface area contributed by atoms with E-state index in [1.807, 2.05) is 6.92 Å². The number of hydrogen-bond donors (Lipinski definition) is 1. The molecular formula is C12H12FN3O2.